The smallest absolute Gasteiger partial charge is 0.0975 e. The van der Waals surface area contributed by atoms with Crippen LogP contribution in [0.25, 0.3) is 0 Å². The van der Waals surface area contributed by atoms with Crippen LogP contribution in [0.3, 0.4) is 0 Å². The molecular formula is C22H44O. The van der Waals surface area contributed by atoms with Gasteiger partial charge in [-0.3, -0.25) is 0 Å². The van der Waals surface area contributed by atoms with Crippen LogP contribution in [0.15, 0.2) is 12.8 Å². The quantitative estimate of drug-likeness (QED) is 0.172. The lowest BCUT2D eigenvalue weighted by Crippen LogP contribution is -2.07. The van der Waals surface area contributed by atoms with E-state index in [4.69, 9.17) is 4.74 Å². The van der Waals surface area contributed by atoms with E-state index < -0.39 is 0 Å². The first-order chi connectivity index (χ1) is 11.3. The minimum Gasteiger partial charge on any atom is -0.499 e. The molecule has 0 aliphatic rings. The number of unbranched alkanes of at least 4 members (excludes halogenated alkanes) is 14. The standard InChI is InChI=1S/C22H44O/c1-4-7-8-9-10-11-12-13-14-15-16-17-18-19-20-21-22(5-2)23-6-3/h6,22H,3-5,7-21H2,1-2H3. The monoisotopic (exact) mass is 324 g/mol. The van der Waals surface area contributed by atoms with Crippen molar-refractivity contribution in [1.29, 1.82) is 0 Å². The van der Waals surface area contributed by atoms with Crippen molar-refractivity contribution in [3.05, 3.63) is 12.8 Å². The second-order valence-corrected chi connectivity index (χ2v) is 7.07. The lowest BCUT2D eigenvalue weighted by atomic mass is 10.0. The molecule has 1 nitrogen and oxygen atoms in total. The van der Waals surface area contributed by atoms with Crippen LogP contribution in [0.2, 0.25) is 0 Å². The Labute approximate surface area is 147 Å². The van der Waals surface area contributed by atoms with E-state index in [0.717, 1.165) is 6.42 Å². The summed E-state index contributed by atoms with van der Waals surface area (Å²) in [5.74, 6) is 0. The van der Waals surface area contributed by atoms with Gasteiger partial charge in [-0.1, -0.05) is 110 Å². The summed E-state index contributed by atoms with van der Waals surface area (Å²) >= 11 is 0. The molecule has 0 radical (unpaired) electrons. The highest BCUT2D eigenvalue weighted by atomic mass is 16.5. The second-order valence-electron chi connectivity index (χ2n) is 7.07. The maximum absolute atomic E-state index is 5.47. The third-order valence-electron chi connectivity index (χ3n) is 4.87. The van der Waals surface area contributed by atoms with Crippen molar-refractivity contribution in [3.8, 4) is 0 Å². The number of ether oxygens (including phenoxy) is 1. The van der Waals surface area contributed by atoms with Gasteiger partial charge in [0.2, 0.25) is 0 Å². The van der Waals surface area contributed by atoms with Gasteiger partial charge in [-0.05, 0) is 19.3 Å². The van der Waals surface area contributed by atoms with Crippen molar-refractivity contribution >= 4 is 0 Å². The van der Waals surface area contributed by atoms with E-state index in [0.29, 0.717) is 6.10 Å². The normalized spacial score (nSPS) is 12.3. The van der Waals surface area contributed by atoms with E-state index >= 15 is 0 Å². The summed E-state index contributed by atoms with van der Waals surface area (Å²) in [6.45, 7) is 8.13. The fraction of sp³-hybridized carbons (Fsp3) is 0.909. The zero-order chi connectivity index (χ0) is 17.0. The predicted molar refractivity (Wildman–Crippen MR) is 105 cm³/mol. The van der Waals surface area contributed by atoms with Crippen molar-refractivity contribution in [1.82, 2.24) is 0 Å². The number of hydrogen-bond acceptors (Lipinski definition) is 1. The lowest BCUT2D eigenvalue weighted by molar-refractivity contribution is 0.129. The molecule has 0 aromatic heterocycles. The maximum Gasteiger partial charge on any atom is 0.0975 e. The van der Waals surface area contributed by atoms with E-state index in [1.807, 2.05) is 0 Å². The van der Waals surface area contributed by atoms with Gasteiger partial charge in [-0.2, -0.15) is 0 Å². The first kappa shape index (κ1) is 22.5. The highest BCUT2D eigenvalue weighted by molar-refractivity contribution is 4.61. The largest absolute Gasteiger partial charge is 0.499 e. The van der Waals surface area contributed by atoms with Crippen molar-refractivity contribution in [2.75, 3.05) is 0 Å². The van der Waals surface area contributed by atoms with Crippen molar-refractivity contribution in [2.24, 2.45) is 0 Å². The Morgan fingerprint density at radius 3 is 1.39 bits per heavy atom. The van der Waals surface area contributed by atoms with Gasteiger partial charge in [0.15, 0.2) is 0 Å². The molecule has 0 N–H and O–H groups in total. The minimum absolute atomic E-state index is 0.398. The van der Waals surface area contributed by atoms with Crippen LogP contribution < -0.4 is 0 Å². The summed E-state index contributed by atoms with van der Waals surface area (Å²) in [7, 11) is 0. The average molecular weight is 325 g/mol. The molecule has 23 heavy (non-hydrogen) atoms. The van der Waals surface area contributed by atoms with Gasteiger partial charge >= 0.3 is 0 Å². The Morgan fingerprint density at radius 2 is 1.04 bits per heavy atom. The van der Waals surface area contributed by atoms with Crippen LogP contribution in [-0.2, 0) is 4.74 Å². The van der Waals surface area contributed by atoms with E-state index in [9.17, 15) is 0 Å². The predicted octanol–water partition coefficient (Wildman–Crippen LogP) is 8.19. The zero-order valence-corrected chi connectivity index (χ0v) is 16.3. The Balaban J connectivity index is 3.09. The van der Waals surface area contributed by atoms with Crippen LogP contribution in [0.5, 0.6) is 0 Å². The Morgan fingerprint density at radius 1 is 0.652 bits per heavy atom. The molecule has 0 rings (SSSR count). The van der Waals surface area contributed by atoms with E-state index in [1.165, 1.54) is 103 Å². The molecule has 0 aromatic rings. The van der Waals surface area contributed by atoms with Gasteiger partial charge in [0.25, 0.3) is 0 Å². The Kier molecular flexibility index (Phi) is 19.2. The fourth-order valence-corrected chi connectivity index (χ4v) is 3.25. The first-order valence-electron chi connectivity index (χ1n) is 10.6. The molecule has 0 amide bonds. The maximum atomic E-state index is 5.47. The molecule has 1 unspecified atom stereocenters. The SMILES string of the molecule is C=COC(CC)CCCCCCCCCCCCCCCCC. The molecule has 0 saturated carbocycles. The van der Waals surface area contributed by atoms with E-state index in [1.54, 1.807) is 6.26 Å². The molecule has 0 fully saturated rings. The molecule has 1 heteroatoms. The highest BCUT2D eigenvalue weighted by Gasteiger charge is 2.04. The van der Waals surface area contributed by atoms with Crippen LogP contribution >= 0.6 is 0 Å². The fourth-order valence-electron chi connectivity index (χ4n) is 3.25. The first-order valence-corrected chi connectivity index (χ1v) is 10.6. The Bertz CT molecular complexity index is 224. The van der Waals surface area contributed by atoms with Crippen molar-refractivity contribution < 1.29 is 4.74 Å². The van der Waals surface area contributed by atoms with Crippen molar-refractivity contribution in [2.45, 2.75) is 129 Å². The number of rotatable bonds is 19. The van der Waals surface area contributed by atoms with Gasteiger partial charge < -0.3 is 4.74 Å². The summed E-state index contributed by atoms with van der Waals surface area (Å²) in [5, 5.41) is 0. The topological polar surface area (TPSA) is 9.23 Å². The van der Waals surface area contributed by atoms with Crippen LogP contribution in [0.1, 0.15) is 123 Å². The molecule has 0 aliphatic heterocycles. The molecular weight excluding hydrogens is 280 g/mol. The summed E-state index contributed by atoms with van der Waals surface area (Å²) < 4.78 is 5.47. The average Bonchev–Trinajstić information content (AvgIpc) is 2.57. The second kappa shape index (κ2) is 19.6. The third-order valence-corrected chi connectivity index (χ3v) is 4.87. The minimum atomic E-state index is 0.398. The zero-order valence-electron chi connectivity index (χ0n) is 16.3. The molecule has 0 saturated heterocycles. The van der Waals surface area contributed by atoms with Gasteiger partial charge in [0.05, 0.1) is 12.4 Å². The summed E-state index contributed by atoms with van der Waals surface area (Å²) in [5.41, 5.74) is 0. The van der Waals surface area contributed by atoms with Gasteiger partial charge in [0, 0.05) is 0 Å². The van der Waals surface area contributed by atoms with Crippen LogP contribution in [0.4, 0.5) is 0 Å². The lowest BCUT2D eigenvalue weighted by Gasteiger charge is -2.13. The third kappa shape index (κ3) is 17.7. The van der Waals surface area contributed by atoms with E-state index in [-0.39, 0.29) is 0 Å². The van der Waals surface area contributed by atoms with Gasteiger partial charge in [-0.15, -0.1) is 0 Å². The molecule has 0 heterocycles. The van der Waals surface area contributed by atoms with Crippen molar-refractivity contribution in [3.63, 3.8) is 0 Å². The molecule has 0 bridgehead atoms. The number of hydrogen-bond donors (Lipinski definition) is 0. The van der Waals surface area contributed by atoms with Gasteiger partial charge in [0.1, 0.15) is 0 Å². The Hall–Kier alpha value is -0.460. The summed E-state index contributed by atoms with van der Waals surface area (Å²) in [4.78, 5) is 0. The summed E-state index contributed by atoms with van der Waals surface area (Å²) in [6, 6.07) is 0. The van der Waals surface area contributed by atoms with Crippen LogP contribution in [0, 0.1) is 0 Å². The molecule has 0 aliphatic carbocycles. The summed E-state index contributed by atoms with van der Waals surface area (Å²) in [6.07, 6.45) is 25.7. The van der Waals surface area contributed by atoms with Crippen LogP contribution in [-0.4, -0.2) is 6.10 Å². The van der Waals surface area contributed by atoms with Gasteiger partial charge in [-0.25, -0.2) is 0 Å². The highest BCUT2D eigenvalue weighted by Crippen LogP contribution is 2.15. The molecule has 0 spiro atoms. The molecule has 138 valence electrons. The van der Waals surface area contributed by atoms with E-state index in [2.05, 4.69) is 20.4 Å². The molecule has 0 aromatic carbocycles. The molecule has 1 atom stereocenters.